The number of fused-ring (bicyclic) bond motifs is 1. The first-order valence-corrected chi connectivity index (χ1v) is 8.32. The highest BCUT2D eigenvalue weighted by atomic mass is 16.5. The van der Waals surface area contributed by atoms with Crippen LogP contribution in [-0.2, 0) is 6.61 Å². The van der Waals surface area contributed by atoms with Gasteiger partial charge < -0.3 is 9.26 Å². The van der Waals surface area contributed by atoms with Crippen molar-refractivity contribution in [3.05, 3.63) is 54.2 Å². The number of rotatable bonds is 4. The van der Waals surface area contributed by atoms with Crippen LogP contribution in [0.25, 0.3) is 10.8 Å². The van der Waals surface area contributed by atoms with E-state index in [2.05, 4.69) is 28.3 Å². The fraction of sp³-hybridized carbons (Fsp3) is 0.368. The number of hydrogen-bond acceptors (Lipinski definition) is 4. The molecular formula is C19H20N2O2. The van der Waals surface area contributed by atoms with Gasteiger partial charge in [0.2, 0.25) is 0 Å². The summed E-state index contributed by atoms with van der Waals surface area (Å²) in [5, 5.41) is 6.51. The predicted octanol–water partition coefficient (Wildman–Crippen LogP) is 4.85. The van der Waals surface area contributed by atoms with Crippen LogP contribution in [0.5, 0.6) is 5.75 Å². The zero-order valence-electron chi connectivity index (χ0n) is 13.1. The third-order valence-corrected chi connectivity index (χ3v) is 4.54. The van der Waals surface area contributed by atoms with Crippen LogP contribution in [-0.4, -0.2) is 10.1 Å². The molecule has 23 heavy (non-hydrogen) atoms. The van der Waals surface area contributed by atoms with E-state index in [4.69, 9.17) is 9.26 Å². The Labute approximate surface area is 135 Å². The minimum atomic E-state index is 0.318. The summed E-state index contributed by atoms with van der Waals surface area (Å²) in [6, 6.07) is 14.3. The van der Waals surface area contributed by atoms with Gasteiger partial charge in [0.1, 0.15) is 5.75 Å². The molecule has 118 valence electrons. The van der Waals surface area contributed by atoms with Gasteiger partial charge in [0.15, 0.2) is 12.4 Å². The molecule has 0 bridgehead atoms. The Morgan fingerprint density at radius 3 is 2.70 bits per heavy atom. The van der Waals surface area contributed by atoms with Gasteiger partial charge in [-0.3, -0.25) is 0 Å². The third kappa shape index (κ3) is 3.21. The Morgan fingerprint density at radius 1 is 1.00 bits per heavy atom. The van der Waals surface area contributed by atoms with Crippen LogP contribution < -0.4 is 4.74 Å². The Balaban J connectivity index is 1.42. The van der Waals surface area contributed by atoms with E-state index in [1.165, 1.54) is 42.9 Å². The molecule has 4 heteroatoms. The van der Waals surface area contributed by atoms with Crippen molar-refractivity contribution in [1.29, 1.82) is 0 Å². The van der Waals surface area contributed by atoms with Crippen molar-refractivity contribution >= 4 is 10.8 Å². The molecule has 1 saturated carbocycles. The average Bonchev–Trinajstić information content (AvgIpc) is 3.10. The summed E-state index contributed by atoms with van der Waals surface area (Å²) < 4.78 is 11.1. The van der Waals surface area contributed by atoms with E-state index in [0.29, 0.717) is 18.4 Å². The number of aromatic nitrogens is 2. The molecule has 0 amide bonds. The van der Waals surface area contributed by atoms with Crippen molar-refractivity contribution in [2.75, 3.05) is 0 Å². The lowest BCUT2D eigenvalue weighted by Gasteiger charge is -2.17. The van der Waals surface area contributed by atoms with E-state index in [1.807, 2.05) is 24.3 Å². The van der Waals surface area contributed by atoms with Gasteiger partial charge in [-0.25, -0.2) is 0 Å². The monoisotopic (exact) mass is 308 g/mol. The molecule has 0 aliphatic heterocycles. The van der Waals surface area contributed by atoms with Gasteiger partial charge in [0.05, 0.1) is 0 Å². The summed E-state index contributed by atoms with van der Waals surface area (Å²) in [6.45, 7) is 0.318. The van der Waals surface area contributed by atoms with E-state index in [0.717, 1.165) is 11.6 Å². The first kappa shape index (κ1) is 14.2. The highest BCUT2D eigenvalue weighted by Gasteiger charge is 2.20. The van der Waals surface area contributed by atoms with Crippen molar-refractivity contribution in [2.45, 2.75) is 44.6 Å². The van der Waals surface area contributed by atoms with Gasteiger partial charge in [-0.2, -0.15) is 4.98 Å². The molecular weight excluding hydrogens is 288 g/mol. The van der Waals surface area contributed by atoms with Crippen LogP contribution in [0.4, 0.5) is 0 Å². The Hall–Kier alpha value is -2.36. The average molecular weight is 308 g/mol. The van der Waals surface area contributed by atoms with Gasteiger partial charge in [0, 0.05) is 5.92 Å². The molecule has 3 aromatic rings. The normalized spacial score (nSPS) is 15.8. The van der Waals surface area contributed by atoms with E-state index >= 15 is 0 Å². The van der Waals surface area contributed by atoms with Crippen molar-refractivity contribution in [2.24, 2.45) is 0 Å². The Kier molecular flexibility index (Phi) is 3.97. The van der Waals surface area contributed by atoms with Gasteiger partial charge in [-0.05, 0) is 35.7 Å². The van der Waals surface area contributed by atoms with Crippen LogP contribution in [0, 0.1) is 0 Å². The van der Waals surface area contributed by atoms with E-state index in [9.17, 15) is 0 Å². The van der Waals surface area contributed by atoms with Crippen molar-refractivity contribution in [3.63, 3.8) is 0 Å². The van der Waals surface area contributed by atoms with Crippen LogP contribution in [0.2, 0.25) is 0 Å². The minimum Gasteiger partial charge on any atom is -0.484 e. The summed E-state index contributed by atoms with van der Waals surface area (Å²) in [4.78, 5) is 4.51. The van der Waals surface area contributed by atoms with Crippen LogP contribution in [0.15, 0.2) is 47.0 Å². The van der Waals surface area contributed by atoms with Gasteiger partial charge >= 0.3 is 0 Å². The minimum absolute atomic E-state index is 0.318. The number of benzene rings is 2. The molecule has 1 heterocycles. The summed E-state index contributed by atoms with van der Waals surface area (Å²) >= 11 is 0. The zero-order chi connectivity index (χ0) is 15.5. The second-order valence-electron chi connectivity index (χ2n) is 6.18. The summed E-state index contributed by atoms with van der Waals surface area (Å²) in [6.07, 6.45) is 6.20. The maximum atomic E-state index is 5.80. The molecule has 0 spiro atoms. The molecule has 1 aromatic heterocycles. The predicted molar refractivity (Wildman–Crippen MR) is 88.4 cm³/mol. The first-order valence-electron chi connectivity index (χ1n) is 8.32. The molecule has 1 fully saturated rings. The fourth-order valence-electron chi connectivity index (χ4n) is 3.26. The molecule has 1 aliphatic carbocycles. The quantitative estimate of drug-likeness (QED) is 0.691. The summed E-state index contributed by atoms with van der Waals surface area (Å²) in [5.41, 5.74) is 0. The maximum absolute atomic E-state index is 5.80. The molecule has 4 rings (SSSR count). The second-order valence-corrected chi connectivity index (χ2v) is 6.18. The van der Waals surface area contributed by atoms with E-state index < -0.39 is 0 Å². The largest absolute Gasteiger partial charge is 0.484 e. The number of ether oxygens (including phenoxy) is 1. The standard InChI is InChI=1S/C19H20N2O2/c1-2-7-15(8-3-1)19-20-18(23-21-19)13-22-17-11-10-14-6-4-5-9-16(14)12-17/h4-6,9-12,15H,1-3,7-8,13H2. The molecule has 0 N–H and O–H groups in total. The highest BCUT2D eigenvalue weighted by Crippen LogP contribution is 2.31. The number of nitrogens with zero attached hydrogens (tertiary/aromatic N) is 2. The lowest BCUT2D eigenvalue weighted by Crippen LogP contribution is -2.06. The van der Waals surface area contributed by atoms with Crippen molar-refractivity contribution in [3.8, 4) is 5.75 Å². The lowest BCUT2D eigenvalue weighted by atomic mass is 9.89. The molecule has 4 nitrogen and oxygen atoms in total. The number of hydrogen-bond donors (Lipinski definition) is 0. The highest BCUT2D eigenvalue weighted by molar-refractivity contribution is 5.83. The van der Waals surface area contributed by atoms with Gasteiger partial charge in [-0.15, -0.1) is 0 Å². The van der Waals surface area contributed by atoms with E-state index in [-0.39, 0.29) is 0 Å². The Bertz CT molecular complexity index is 791. The first-order chi connectivity index (χ1) is 11.4. The molecule has 0 atom stereocenters. The summed E-state index contributed by atoms with van der Waals surface area (Å²) in [5.74, 6) is 2.68. The maximum Gasteiger partial charge on any atom is 0.264 e. The fourth-order valence-corrected chi connectivity index (χ4v) is 3.26. The Morgan fingerprint density at radius 2 is 1.83 bits per heavy atom. The van der Waals surface area contributed by atoms with Gasteiger partial charge in [-0.1, -0.05) is 54.8 Å². The van der Waals surface area contributed by atoms with Gasteiger partial charge in [0.25, 0.3) is 5.89 Å². The second kappa shape index (κ2) is 6.41. The van der Waals surface area contributed by atoms with Crippen LogP contribution in [0.1, 0.15) is 49.7 Å². The molecule has 0 radical (unpaired) electrons. The third-order valence-electron chi connectivity index (χ3n) is 4.54. The zero-order valence-corrected chi connectivity index (χ0v) is 13.1. The van der Waals surface area contributed by atoms with Crippen molar-refractivity contribution in [1.82, 2.24) is 10.1 Å². The molecule has 2 aromatic carbocycles. The molecule has 0 saturated heterocycles. The van der Waals surface area contributed by atoms with Crippen molar-refractivity contribution < 1.29 is 9.26 Å². The SMILES string of the molecule is c1ccc2cc(OCc3nc(C4CCCCC4)no3)ccc2c1. The topological polar surface area (TPSA) is 48.2 Å². The van der Waals surface area contributed by atoms with E-state index in [1.54, 1.807) is 0 Å². The molecule has 0 unspecified atom stereocenters. The van der Waals surface area contributed by atoms with Crippen LogP contribution in [0.3, 0.4) is 0 Å². The van der Waals surface area contributed by atoms with Crippen LogP contribution >= 0.6 is 0 Å². The molecule has 1 aliphatic rings. The smallest absolute Gasteiger partial charge is 0.264 e. The lowest BCUT2D eigenvalue weighted by molar-refractivity contribution is 0.242. The summed E-state index contributed by atoms with van der Waals surface area (Å²) in [7, 11) is 0.